The first-order valence-electron chi connectivity index (χ1n) is 6.71. The molecule has 6 heteroatoms. The van der Waals surface area contributed by atoms with E-state index in [1.54, 1.807) is 25.1 Å². The average Bonchev–Trinajstić information content (AvgIpc) is 2.90. The molecule has 1 aliphatic carbocycles. The molecule has 1 amide bonds. The van der Waals surface area contributed by atoms with Crippen molar-refractivity contribution in [2.24, 2.45) is 5.92 Å². The Kier molecular flexibility index (Phi) is 5.51. The zero-order chi connectivity index (χ0) is 15.4. The average molecular weight is 330 g/mol. The van der Waals surface area contributed by atoms with E-state index in [1.807, 2.05) is 12.2 Å². The summed E-state index contributed by atoms with van der Waals surface area (Å²) in [4.78, 5) is 12.1. The van der Waals surface area contributed by atoms with E-state index in [9.17, 15) is 4.79 Å². The number of amides is 1. The Morgan fingerprint density at radius 1 is 1.43 bits per heavy atom. The van der Waals surface area contributed by atoms with Crippen LogP contribution in [0.3, 0.4) is 0 Å². The first kappa shape index (κ1) is 16.1. The fourth-order valence-corrected chi connectivity index (χ4v) is 2.41. The predicted molar refractivity (Wildman–Crippen MR) is 82.8 cm³/mol. The van der Waals surface area contributed by atoms with Gasteiger partial charge in [0.05, 0.1) is 10.0 Å². The van der Waals surface area contributed by atoms with Gasteiger partial charge in [0, 0.05) is 24.6 Å². The highest BCUT2D eigenvalue weighted by atomic mass is 35.5. The number of carbonyl (C=O) groups is 1. The van der Waals surface area contributed by atoms with Crippen molar-refractivity contribution in [2.75, 3.05) is 6.61 Å². The molecule has 3 atom stereocenters. The highest BCUT2D eigenvalue weighted by molar-refractivity contribution is 6.42. The summed E-state index contributed by atoms with van der Waals surface area (Å²) < 4.78 is 5.55. The van der Waals surface area contributed by atoms with Crippen LogP contribution < -0.4 is 10.1 Å². The van der Waals surface area contributed by atoms with Gasteiger partial charge in [-0.05, 0) is 25.5 Å². The second kappa shape index (κ2) is 7.16. The lowest BCUT2D eigenvalue weighted by molar-refractivity contribution is -0.127. The fraction of sp³-hybridized carbons (Fsp3) is 0.400. The molecule has 1 unspecified atom stereocenters. The summed E-state index contributed by atoms with van der Waals surface area (Å²) in [5.74, 6) is 0.387. The van der Waals surface area contributed by atoms with Crippen LogP contribution in [0.25, 0.3) is 0 Å². The van der Waals surface area contributed by atoms with Gasteiger partial charge < -0.3 is 15.2 Å². The lowest BCUT2D eigenvalue weighted by atomic mass is 10.1. The molecular weight excluding hydrogens is 313 g/mol. The van der Waals surface area contributed by atoms with Crippen LogP contribution in [0.5, 0.6) is 5.75 Å². The molecule has 0 fully saturated rings. The molecule has 0 aromatic heterocycles. The molecule has 0 heterocycles. The molecule has 21 heavy (non-hydrogen) atoms. The lowest BCUT2D eigenvalue weighted by Crippen LogP contribution is -2.41. The molecular formula is C15H17Cl2NO3. The molecule has 1 aliphatic rings. The summed E-state index contributed by atoms with van der Waals surface area (Å²) in [5, 5.41) is 12.7. The number of aliphatic hydroxyl groups excluding tert-OH is 1. The topological polar surface area (TPSA) is 58.6 Å². The standard InChI is InChI=1S/C15H17Cl2NO3/c1-9(21-12-4-5-13(16)14(17)7-12)15(20)18-11-3-2-10(6-11)8-19/h2-5,7,9-11,19H,6,8H2,1H3,(H,18,20)/t9?,10-,11+/m0/s1. The molecule has 0 saturated heterocycles. The Balaban J connectivity index is 1.88. The van der Waals surface area contributed by atoms with Crippen LogP contribution in [0.15, 0.2) is 30.4 Å². The van der Waals surface area contributed by atoms with Gasteiger partial charge in [0.2, 0.25) is 0 Å². The van der Waals surface area contributed by atoms with E-state index in [4.69, 9.17) is 33.0 Å². The van der Waals surface area contributed by atoms with E-state index in [0.29, 0.717) is 22.2 Å². The van der Waals surface area contributed by atoms with Gasteiger partial charge in [-0.15, -0.1) is 0 Å². The Hall–Kier alpha value is -1.23. The Morgan fingerprint density at radius 3 is 2.81 bits per heavy atom. The van der Waals surface area contributed by atoms with E-state index in [2.05, 4.69) is 5.32 Å². The smallest absolute Gasteiger partial charge is 0.261 e. The van der Waals surface area contributed by atoms with Crippen LogP contribution in [0.4, 0.5) is 0 Å². The second-order valence-electron chi connectivity index (χ2n) is 5.01. The van der Waals surface area contributed by atoms with Crippen molar-refractivity contribution in [3.05, 3.63) is 40.4 Å². The number of nitrogens with one attached hydrogen (secondary N) is 1. The number of halogens is 2. The van der Waals surface area contributed by atoms with E-state index in [1.165, 1.54) is 0 Å². The van der Waals surface area contributed by atoms with Crippen molar-refractivity contribution < 1.29 is 14.6 Å². The second-order valence-corrected chi connectivity index (χ2v) is 5.83. The normalized spacial score (nSPS) is 22.1. The van der Waals surface area contributed by atoms with Crippen LogP contribution in [-0.4, -0.2) is 29.8 Å². The largest absolute Gasteiger partial charge is 0.481 e. The summed E-state index contributed by atoms with van der Waals surface area (Å²) in [5.41, 5.74) is 0. The maximum atomic E-state index is 12.1. The van der Waals surface area contributed by atoms with Gasteiger partial charge in [0.1, 0.15) is 5.75 Å². The quantitative estimate of drug-likeness (QED) is 0.816. The molecule has 2 rings (SSSR count). The van der Waals surface area contributed by atoms with Crippen LogP contribution in [0, 0.1) is 5.92 Å². The van der Waals surface area contributed by atoms with Gasteiger partial charge in [-0.3, -0.25) is 4.79 Å². The van der Waals surface area contributed by atoms with Crippen molar-refractivity contribution in [1.82, 2.24) is 5.32 Å². The first-order valence-corrected chi connectivity index (χ1v) is 7.46. The van der Waals surface area contributed by atoms with E-state index in [-0.39, 0.29) is 24.5 Å². The molecule has 2 N–H and O–H groups in total. The maximum absolute atomic E-state index is 12.1. The third-order valence-corrected chi connectivity index (χ3v) is 4.05. The Bertz CT molecular complexity index is 548. The van der Waals surface area contributed by atoms with Gasteiger partial charge in [-0.2, -0.15) is 0 Å². The Morgan fingerprint density at radius 2 is 2.19 bits per heavy atom. The lowest BCUT2D eigenvalue weighted by Gasteiger charge is -2.18. The molecule has 0 aliphatic heterocycles. The molecule has 0 bridgehead atoms. The zero-order valence-corrected chi connectivity index (χ0v) is 13.1. The van der Waals surface area contributed by atoms with E-state index >= 15 is 0 Å². The predicted octanol–water partition coefficient (Wildman–Crippen LogP) is 2.81. The minimum Gasteiger partial charge on any atom is -0.481 e. The monoisotopic (exact) mass is 329 g/mol. The van der Waals surface area contributed by atoms with Crippen molar-refractivity contribution >= 4 is 29.1 Å². The van der Waals surface area contributed by atoms with Gasteiger partial charge in [-0.25, -0.2) is 0 Å². The zero-order valence-electron chi connectivity index (χ0n) is 11.6. The van der Waals surface area contributed by atoms with Crippen LogP contribution >= 0.6 is 23.2 Å². The number of rotatable bonds is 5. The molecule has 1 aromatic rings. The number of hydrogen-bond donors (Lipinski definition) is 2. The molecule has 0 spiro atoms. The highest BCUT2D eigenvalue weighted by Crippen LogP contribution is 2.27. The van der Waals surface area contributed by atoms with Gasteiger partial charge in [0.15, 0.2) is 6.10 Å². The SMILES string of the molecule is CC(Oc1ccc(Cl)c(Cl)c1)C(=O)N[C@@H]1C=C[C@H](CO)C1. The first-order chi connectivity index (χ1) is 9.99. The number of carbonyl (C=O) groups excluding carboxylic acids is 1. The summed E-state index contributed by atoms with van der Waals surface area (Å²) in [7, 11) is 0. The third-order valence-electron chi connectivity index (χ3n) is 3.31. The highest BCUT2D eigenvalue weighted by Gasteiger charge is 2.23. The number of ether oxygens (including phenoxy) is 1. The van der Waals surface area contributed by atoms with Crippen LogP contribution in [-0.2, 0) is 4.79 Å². The van der Waals surface area contributed by atoms with Gasteiger partial charge in [-0.1, -0.05) is 35.4 Å². The fourth-order valence-electron chi connectivity index (χ4n) is 2.12. The van der Waals surface area contributed by atoms with Crippen molar-refractivity contribution in [3.63, 3.8) is 0 Å². The van der Waals surface area contributed by atoms with Crippen LogP contribution in [0.1, 0.15) is 13.3 Å². The summed E-state index contributed by atoms with van der Waals surface area (Å²) in [6, 6.07) is 4.80. The summed E-state index contributed by atoms with van der Waals surface area (Å²) >= 11 is 11.7. The van der Waals surface area contributed by atoms with Gasteiger partial charge >= 0.3 is 0 Å². The van der Waals surface area contributed by atoms with E-state index < -0.39 is 6.10 Å². The minimum absolute atomic E-state index is 0.0606. The number of hydrogen-bond acceptors (Lipinski definition) is 3. The molecule has 0 saturated carbocycles. The van der Waals surface area contributed by atoms with Crippen molar-refractivity contribution in [2.45, 2.75) is 25.5 Å². The molecule has 4 nitrogen and oxygen atoms in total. The van der Waals surface area contributed by atoms with Gasteiger partial charge in [0.25, 0.3) is 5.91 Å². The molecule has 114 valence electrons. The van der Waals surface area contributed by atoms with E-state index in [0.717, 1.165) is 0 Å². The third kappa shape index (κ3) is 4.37. The number of benzene rings is 1. The van der Waals surface area contributed by atoms with Crippen molar-refractivity contribution in [1.29, 1.82) is 0 Å². The Labute approximate surface area is 133 Å². The molecule has 0 radical (unpaired) electrons. The minimum atomic E-state index is -0.649. The summed E-state index contributed by atoms with van der Waals surface area (Å²) in [6.07, 6.45) is 3.87. The summed E-state index contributed by atoms with van der Waals surface area (Å²) in [6.45, 7) is 1.76. The van der Waals surface area contributed by atoms with Crippen molar-refractivity contribution in [3.8, 4) is 5.75 Å². The maximum Gasteiger partial charge on any atom is 0.261 e. The number of aliphatic hydroxyl groups is 1. The molecule has 1 aromatic carbocycles. The van der Waals surface area contributed by atoms with Crippen LogP contribution in [0.2, 0.25) is 10.0 Å².